The van der Waals surface area contributed by atoms with E-state index in [2.05, 4.69) is 10.6 Å². The summed E-state index contributed by atoms with van der Waals surface area (Å²) in [5.41, 5.74) is 1.50. The van der Waals surface area contributed by atoms with Crippen LogP contribution in [0.5, 0.6) is 0 Å². The van der Waals surface area contributed by atoms with Crippen LogP contribution in [0.25, 0.3) is 0 Å². The lowest BCUT2D eigenvalue weighted by Crippen LogP contribution is -2.56. The second kappa shape index (κ2) is 11.2. The zero-order chi connectivity index (χ0) is 25.7. The highest BCUT2D eigenvalue weighted by Crippen LogP contribution is 2.32. The molecule has 7 nitrogen and oxygen atoms in total. The van der Waals surface area contributed by atoms with Crippen molar-refractivity contribution in [2.45, 2.75) is 111 Å². The molecule has 1 aromatic rings. The van der Waals surface area contributed by atoms with Crippen LogP contribution in [0.15, 0.2) is 18.2 Å². The van der Waals surface area contributed by atoms with E-state index in [1.165, 1.54) is 6.42 Å². The van der Waals surface area contributed by atoms with Gasteiger partial charge in [0.05, 0.1) is 0 Å². The Morgan fingerprint density at radius 3 is 2.21 bits per heavy atom. The highest BCUT2D eigenvalue weighted by Gasteiger charge is 2.40. The average molecular weight is 474 g/mol. The molecule has 0 bridgehead atoms. The summed E-state index contributed by atoms with van der Waals surface area (Å²) in [5, 5.41) is 5.78. The number of carbonyl (C=O) groups is 3. The number of benzene rings is 1. The van der Waals surface area contributed by atoms with Crippen LogP contribution in [0.1, 0.15) is 96.4 Å². The molecule has 2 N–H and O–H groups in total. The van der Waals surface area contributed by atoms with Gasteiger partial charge in [0.1, 0.15) is 18.2 Å². The van der Waals surface area contributed by atoms with Gasteiger partial charge in [-0.25, -0.2) is 4.79 Å². The van der Waals surface area contributed by atoms with Gasteiger partial charge in [0.15, 0.2) is 0 Å². The number of hydrogen-bond acceptors (Lipinski definition) is 4. The van der Waals surface area contributed by atoms with Gasteiger partial charge < -0.3 is 20.3 Å². The highest BCUT2D eigenvalue weighted by molar-refractivity contribution is 5.91. The molecule has 0 aromatic heterocycles. The van der Waals surface area contributed by atoms with Crippen molar-refractivity contribution < 1.29 is 19.1 Å². The van der Waals surface area contributed by atoms with Crippen LogP contribution in [0.3, 0.4) is 0 Å². The summed E-state index contributed by atoms with van der Waals surface area (Å²) in [6, 6.07) is 5.15. The summed E-state index contributed by atoms with van der Waals surface area (Å²) < 4.78 is 5.28. The molecule has 0 aliphatic heterocycles. The Balaban J connectivity index is 2.39. The van der Waals surface area contributed by atoms with E-state index in [1.54, 1.807) is 25.7 Å². The van der Waals surface area contributed by atoms with E-state index < -0.39 is 23.3 Å². The topological polar surface area (TPSA) is 87.7 Å². The molecule has 0 spiro atoms. The summed E-state index contributed by atoms with van der Waals surface area (Å²) in [7, 11) is 0. The lowest BCUT2D eigenvalue weighted by atomic mass is 9.90. The molecule has 7 heteroatoms. The van der Waals surface area contributed by atoms with Gasteiger partial charge in [0, 0.05) is 11.6 Å². The van der Waals surface area contributed by atoms with E-state index in [4.69, 9.17) is 4.74 Å². The molecular formula is C27H43N3O4. The van der Waals surface area contributed by atoms with E-state index >= 15 is 0 Å². The second-order valence-electron chi connectivity index (χ2n) is 11.3. The van der Waals surface area contributed by atoms with Crippen molar-refractivity contribution in [1.82, 2.24) is 15.5 Å². The number of ether oxygens (including phenoxy) is 1. The average Bonchev–Trinajstić information content (AvgIpc) is 2.71. The van der Waals surface area contributed by atoms with Crippen molar-refractivity contribution in [2.75, 3.05) is 6.54 Å². The number of hydrogen-bond donors (Lipinski definition) is 2. The number of amides is 3. The Morgan fingerprint density at radius 1 is 1.03 bits per heavy atom. The first-order valence-electron chi connectivity index (χ1n) is 12.4. The predicted octanol–water partition coefficient (Wildman–Crippen LogP) is 4.95. The first kappa shape index (κ1) is 27.7. The second-order valence-corrected chi connectivity index (χ2v) is 11.3. The van der Waals surface area contributed by atoms with Crippen molar-refractivity contribution >= 4 is 17.9 Å². The fraction of sp³-hybridized carbons (Fsp3) is 0.667. The Bertz CT molecular complexity index is 877. The summed E-state index contributed by atoms with van der Waals surface area (Å²) >= 11 is 0. The lowest BCUT2D eigenvalue weighted by Gasteiger charge is -2.42. The van der Waals surface area contributed by atoms with Crippen LogP contribution >= 0.6 is 0 Å². The molecule has 0 heterocycles. The first-order chi connectivity index (χ1) is 15.7. The van der Waals surface area contributed by atoms with Gasteiger partial charge >= 0.3 is 6.09 Å². The van der Waals surface area contributed by atoms with E-state index in [0.717, 1.165) is 42.4 Å². The molecule has 1 atom stereocenters. The van der Waals surface area contributed by atoms with Crippen molar-refractivity contribution in [3.8, 4) is 0 Å². The zero-order valence-electron chi connectivity index (χ0n) is 22.2. The van der Waals surface area contributed by atoms with Gasteiger partial charge in [-0.1, -0.05) is 37.5 Å². The van der Waals surface area contributed by atoms with Gasteiger partial charge in [-0.2, -0.15) is 0 Å². The first-order valence-corrected chi connectivity index (χ1v) is 12.4. The smallest absolute Gasteiger partial charge is 0.408 e. The standard InChI is InChI=1S/C27H43N3O4/c1-18-13-12-16-21(19(18)2)23(24(32)29-20-14-10-9-11-15-20)30(26(3,4)5)22(31)17-28-25(33)34-27(6,7)8/h12-13,16,20,23H,9-11,14-15,17H2,1-8H3,(H,28,33)(H,29,32). The molecule has 0 radical (unpaired) electrons. The Hall–Kier alpha value is -2.57. The van der Waals surface area contributed by atoms with Gasteiger partial charge in [-0.05, 0) is 84.9 Å². The van der Waals surface area contributed by atoms with Crippen molar-refractivity contribution in [2.24, 2.45) is 0 Å². The Morgan fingerprint density at radius 2 is 1.65 bits per heavy atom. The van der Waals surface area contributed by atoms with Crippen LogP contribution in [-0.4, -0.2) is 46.5 Å². The minimum absolute atomic E-state index is 0.116. The van der Waals surface area contributed by atoms with Crippen LogP contribution in [0.2, 0.25) is 0 Å². The summed E-state index contributed by atoms with van der Waals surface area (Å²) in [4.78, 5) is 41.1. The summed E-state index contributed by atoms with van der Waals surface area (Å²) in [5.74, 6) is -0.524. The number of carbonyl (C=O) groups excluding carboxylic acids is 3. The van der Waals surface area contributed by atoms with Gasteiger partial charge in [0.25, 0.3) is 0 Å². The molecule has 1 aliphatic rings. The molecule has 190 valence electrons. The third-order valence-electron chi connectivity index (χ3n) is 6.17. The molecule has 1 unspecified atom stereocenters. The molecule has 1 aliphatic carbocycles. The van der Waals surface area contributed by atoms with Crippen molar-refractivity contribution in [3.05, 3.63) is 34.9 Å². The number of alkyl carbamates (subject to hydrolysis) is 1. The number of aryl methyl sites for hydroxylation is 1. The maximum atomic E-state index is 13.8. The SMILES string of the molecule is Cc1cccc(C(C(=O)NC2CCCCC2)N(C(=O)CNC(=O)OC(C)(C)C)C(C)(C)C)c1C. The van der Waals surface area contributed by atoms with Crippen molar-refractivity contribution in [3.63, 3.8) is 0 Å². The van der Waals surface area contributed by atoms with E-state index in [9.17, 15) is 14.4 Å². The van der Waals surface area contributed by atoms with Crippen LogP contribution in [0.4, 0.5) is 4.79 Å². The Kier molecular flexibility index (Phi) is 9.15. The normalized spacial score (nSPS) is 15.9. The lowest BCUT2D eigenvalue weighted by molar-refractivity contribution is -0.146. The Labute approximate surface area is 205 Å². The van der Waals surface area contributed by atoms with Gasteiger partial charge in [0.2, 0.25) is 11.8 Å². The molecule has 34 heavy (non-hydrogen) atoms. The maximum absolute atomic E-state index is 13.8. The highest BCUT2D eigenvalue weighted by atomic mass is 16.6. The molecule has 1 aromatic carbocycles. The molecule has 1 saturated carbocycles. The largest absolute Gasteiger partial charge is 0.444 e. The number of nitrogens with one attached hydrogen (secondary N) is 2. The van der Waals surface area contributed by atoms with E-state index in [-0.39, 0.29) is 24.4 Å². The minimum atomic E-state index is -0.810. The molecule has 0 saturated heterocycles. The third kappa shape index (κ3) is 7.74. The quantitative estimate of drug-likeness (QED) is 0.612. The van der Waals surface area contributed by atoms with Gasteiger partial charge in [-0.3, -0.25) is 9.59 Å². The monoisotopic (exact) mass is 473 g/mol. The minimum Gasteiger partial charge on any atom is -0.444 e. The molecule has 3 amide bonds. The predicted molar refractivity (Wildman–Crippen MR) is 135 cm³/mol. The maximum Gasteiger partial charge on any atom is 0.408 e. The third-order valence-corrected chi connectivity index (χ3v) is 6.17. The summed E-state index contributed by atoms with van der Waals surface area (Å²) in [6.07, 6.45) is 4.63. The number of nitrogens with zero attached hydrogens (tertiary/aromatic N) is 1. The van der Waals surface area contributed by atoms with Crippen molar-refractivity contribution in [1.29, 1.82) is 0 Å². The molecule has 2 rings (SSSR count). The van der Waals surface area contributed by atoms with Crippen LogP contribution < -0.4 is 10.6 Å². The fourth-order valence-electron chi connectivity index (χ4n) is 4.45. The van der Waals surface area contributed by atoms with Crippen LogP contribution in [-0.2, 0) is 14.3 Å². The zero-order valence-corrected chi connectivity index (χ0v) is 22.2. The molecule has 1 fully saturated rings. The number of rotatable bonds is 6. The van der Waals surface area contributed by atoms with Gasteiger partial charge in [-0.15, -0.1) is 0 Å². The fourth-order valence-corrected chi connectivity index (χ4v) is 4.45. The molecular weight excluding hydrogens is 430 g/mol. The van der Waals surface area contributed by atoms with E-state index in [0.29, 0.717) is 0 Å². The van der Waals surface area contributed by atoms with E-state index in [1.807, 2.05) is 52.8 Å². The summed E-state index contributed by atoms with van der Waals surface area (Å²) in [6.45, 7) is 14.7. The van der Waals surface area contributed by atoms with Crippen LogP contribution in [0, 0.1) is 13.8 Å².